The number of rotatable bonds is 8. The monoisotopic (exact) mass is 343 g/mol. The van der Waals surface area contributed by atoms with Crippen LogP contribution in [0, 0.1) is 11.8 Å². The second-order valence-corrected chi connectivity index (χ2v) is 11.9. The summed E-state index contributed by atoms with van der Waals surface area (Å²) in [5, 5.41) is 0. The summed E-state index contributed by atoms with van der Waals surface area (Å²) < 4.78 is 11.6. The molecule has 1 saturated heterocycles. The predicted octanol–water partition coefficient (Wildman–Crippen LogP) is 4.04. The van der Waals surface area contributed by atoms with Crippen LogP contribution in [0.5, 0.6) is 0 Å². The first-order valence-electron chi connectivity index (χ1n) is 8.90. The van der Waals surface area contributed by atoms with Crippen LogP contribution in [0.2, 0.25) is 18.1 Å². The fourth-order valence-electron chi connectivity index (χ4n) is 3.04. The van der Waals surface area contributed by atoms with Gasteiger partial charge >= 0.3 is 6.09 Å². The zero-order chi connectivity index (χ0) is 17.8. The Morgan fingerprint density at radius 2 is 1.65 bits per heavy atom. The van der Waals surface area contributed by atoms with Crippen LogP contribution >= 0.6 is 0 Å². The van der Waals surface area contributed by atoms with E-state index >= 15 is 0 Å². The maximum Gasteiger partial charge on any atom is 0.416 e. The number of hydrogen-bond acceptors (Lipinski definition) is 4. The summed E-state index contributed by atoms with van der Waals surface area (Å²) in [5.74, 6) is 0.173. The Kier molecular flexibility index (Phi) is 7.26. The first-order valence-corrected chi connectivity index (χ1v) is 11.4. The molecule has 0 aromatic rings. The Labute approximate surface area is 141 Å². The first-order chi connectivity index (χ1) is 10.7. The van der Waals surface area contributed by atoms with E-state index in [-0.39, 0.29) is 23.8 Å². The second kappa shape index (κ2) is 8.28. The Balaban J connectivity index is 2.84. The van der Waals surface area contributed by atoms with E-state index in [1.54, 1.807) is 0 Å². The zero-order valence-corrected chi connectivity index (χ0v) is 16.7. The van der Waals surface area contributed by atoms with E-state index in [2.05, 4.69) is 20.8 Å². The summed E-state index contributed by atoms with van der Waals surface area (Å²) in [6, 6.07) is 2.77. The number of ether oxygens (including phenoxy) is 1. The molecule has 1 heterocycles. The molecule has 0 N–H and O–H groups in total. The van der Waals surface area contributed by atoms with Gasteiger partial charge in [0, 0.05) is 0 Å². The standard InChI is InChI=1S/C17H33NO4Si/c1-8-23(9-2,10-3)22-15-14(13(6)7)18(16(15)19)17(20)21-11-12(4)5/h12-15H,8-11H2,1-7H3/t14-,15+/m1/s1. The average molecular weight is 344 g/mol. The quantitative estimate of drug-likeness (QED) is 0.493. The van der Waals surface area contributed by atoms with Crippen molar-refractivity contribution in [3.8, 4) is 0 Å². The number of β-lactam (4-membered cyclic amide) rings is 1. The van der Waals surface area contributed by atoms with E-state index in [1.807, 2.05) is 27.7 Å². The largest absolute Gasteiger partial charge is 0.449 e. The van der Waals surface area contributed by atoms with Crippen molar-refractivity contribution >= 4 is 20.3 Å². The first kappa shape index (κ1) is 20.2. The zero-order valence-electron chi connectivity index (χ0n) is 15.7. The summed E-state index contributed by atoms with van der Waals surface area (Å²) >= 11 is 0. The van der Waals surface area contributed by atoms with Crippen LogP contribution in [0.4, 0.5) is 4.79 Å². The van der Waals surface area contributed by atoms with Gasteiger partial charge in [0.05, 0.1) is 12.6 Å². The molecule has 0 unspecified atom stereocenters. The van der Waals surface area contributed by atoms with Gasteiger partial charge in [0.2, 0.25) is 0 Å². The molecule has 1 fully saturated rings. The van der Waals surface area contributed by atoms with Crippen molar-refractivity contribution in [3.63, 3.8) is 0 Å². The van der Waals surface area contributed by atoms with Crippen molar-refractivity contribution in [1.82, 2.24) is 4.90 Å². The van der Waals surface area contributed by atoms with Crippen LogP contribution < -0.4 is 0 Å². The fourth-order valence-corrected chi connectivity index (χ4v) is 5.82. The van der Waals surface area contributed by atoms with Crippen LogP contribution in [0.25, 0.3) is 0 Å². The van der Waals surface area contributed by atoms with Crippen LogP contribution in [-0.4, -0.2) is 44.0 Å². The van der Waals surface area contributed by atoms with Gasteiger partial charge in [0.25, 0.3) is 5.91 Å². The molecule has 1 aliphatic rings. The SMILES string of the molecule is CC[Si](CC)(CC)O[C@@H]1C(=O)N(C(=O)OCC(C)C)[C@@H]1C(C)C. The minimum absolute atomic E-state index is 0.154. The molecule has 0 radical (unpaired) electrons. The number of likely N-dealkylation sites (tertiary alicyclic amines) is 1. The molecule has 2 amide bonds. The number of hydrogen-bond donors (Lipinski definition) is 0. The van der Waals surface area contributed by atoms with Crippen LogP contribution in [-0.2, 0) is 14.0 Å². The second-order valence-electron chi connectivity index (χ2n) is 7.20. The van der Waals surface area contributed by atoms with E-state index in [0.717, 1.165) is 18.1 Å². The van der Waals surface area contributed by atoms with E-state index in [0.29, 0.717) is 6.61 Å². The Hall–Kier alpha value is -0.883. The Morgan fingerprint density at radius 3 is 2.04 bits per heavy atom. The third-order valence-electron chi connectivity index (χ3n) is 4.82. The van der Waals surface area contributed by atoms with Gasteiger partial charge in [-0.2, -0.15) is 0 Å². The van der Waals surface area contributed by atoms with Gasteiger partial charge in [0.15, 0.2) is 8.32 Å². The lowest BCUT2D eigenvalue weighted by molar-refractivity contribution is -0.163. The van der Waals surface area contributed by atoms with Crippen molar-refractivity contribution < 1.29 is 18.8 Å². The van der Waals surface area contributed by atoms with Gasteiger partial charge < -0.3 is 9.16 Å². The van der Waals surface area contributed by atoms with Gasteiger partial charge in [-0.1, -0.05) is 48.5 Å². The highest BCUT2D eigenvalue weighted by Crippen LogP contribution is 2.35. The highest BCUT2D eigenvalue weighted by molar-refractivity contribution is 6.73. The normalized spacial score (nSPS) is 21.8. The van der Waals surface area contributed by atoms with Gasteiger partial charge in [0.1, 0.15) is 6.10 Å². The van der Waals surface area contributed by atoms with Crippen molar-refractivity contribution in [2.75, 3.05) is 6.61 Å². The average Bonchev–Trinajstić information content (AvgIpc) is 2.51. The van der Waals surface area contributed by atoms with Gasteiger partial charge in [-0.3, -0.25) is 4.79 Å². The molecule has 1 aliphatic heterocycles. The smallest absolute Gasteiger partial charge is 0.416 e. The number of carbonyl (C=O) groups is 2. The molecule has 2 atom stereocenters. The predicted molar refractivity (Wildman–Crippen MR) is 93.7 cm³/mol. The fraction of sp³-hybridized carbons (Fsp3) is 0.882. The Morgan fingerprint density at radius 1 is 1.13 bits per heavy atom. The molecule has 6 heteroatoms. The van der Waals surface area contributed by atoms with E-state index in [9.17, 15) is 9.59 Å². The van der Waals surface area contributed by atoms with Crippen molar-refractivity contribution in [1.29, 1.82) is 0 Å². The molecule has 1 rings (SSSR count). The van der Waals surface area contributed by atoms with Crippen molar-refractivity contribution in [2.24, 2.45) is 11.8 Å². The van der Waals surface area contributed by atoms with Crippen LogP contribution in [0.3, 0.4) is 0 Å². The number of nitrogens with zero attached hydrogens (tertiary/aromatic N) is 1. The summed E-state index contributed by atoms with van der Waals surface area (Å²) in [6.45, 7) is 14.7. The molecule has 0 aromatic carbocycles. The maximum absolute atomic E-state index is 12.5. The van der Waals surface area contributed by atoms with E-state index < -0.39 is 20.5 Å². The molecule has 0 bridgehead atoms. The lowest BCUT2D eigenvalue weighted by Crippen LogP contribution is -2.71. The minimum Gasteiger partial charge on any atom is -0.449 e. The van der Waals surface area contributed by atoms with Crippen LogP contribution in [0.1, 0.15) is 48.5 Å². The molecular formula is C17H33NO4Si. The Bertz CT molecular complexity index is 413. The molecule has 23 heavy (non-hydrogen) atoms. The molecule has 0 saturated carbocycles. The summed E-state index contributed by atoms with van der Waals surface area (Å²) in [7, 11) is -1.88. The number of carbonyl (C=O) groups excluding carboxylic acids is 2. The lowest BCUT2D eigenvalue weighted by Gasteiger charge is -2.49. The number of imide groups is 1. The summed E-state index contributed by atoms with van der Waals surface area (Å²) in [4.78, 5) is 26.0. The molecule has 5 nitrogen and oxygen atoms in total. The summed E-state index contributed by atoms with van der Waals surface area (Å²) in [5.41, 5.74) is 0. The highest BCUT2D eigenvalue weighted by atomic mass is 28.4. The van der Waals surface area contributed by atoms with Crippen molar-refractivity contribution in [2.45, 2.75) is 78.7 Å². The van der Waals surface area contributed by atoms with Crippen LogP contribution in [0.15, 0.2) is 0 Å². The van der Waals surface area contributed by atoms with Gasteiger partial charge in [-0.25, -0.2) is 9.69 Å². The molecule has 0 aliphatic carbocycles. The minimum atomic E-state index is -1.88. The molecule has 0 spiro atoms. The van der Waals surface area contributed by atoms with Gasteiger partial charge in [-0.05, 0) is 30.0 Å². The molecule has 134 valence electrons. The highest BCUT2D eigenvalue weighted by Gasteiger charge is 2.55. The van der Waals surface area contributed by atoms with Gasteiger partial charge in [-0.15, -0.1) is 0 Å². The number of amides is 2. The molecule has 0 aromatic heterocycles. The third kappa shape index (κ3) is 4.35. The molecular weight excluding hydrogens is 310 g/mol. The summed E-state index contributed by atoms with van der Waals surface area (Å²) in [6.07, 6.45) is -1.01. The maximum atomic E-state index is 12.5. The van der Waals surface area contributed by atoms with E-state index in [1.165, 1.54) is 4.90 Å². The van der Waals surface area contributed by atoms with E-state index in [4.69, 9.17) is 9.16 Å². The van der Waals surface area contributed by atoms with Crippen molar-refractivity contribution in [3.05, 3.63) is 0 Å². The topological polar surface area (TPSA) is 55.8 Å². The lowest BCUT2D eigenvalue weighted by atomic mass is 9.89. The third-order valence-corrected chi connectivity index (χ3v) is 9.44.